The Hall–Kier alpha value is -1.75. The van der Waals surface area contributed by atoms with Gasteiger partial charge in [0.2, 0.25) is 5.88 Å². The van der Waals surface area contributed by atoms with E-state index in [2.05, 4.69) is 23.8 Å². The monoisotopic (exact) mass is 304 g/mol. The molecule has 1 heterocycles. The van der Waals surface area contributed by atoms with E-state index < -0.39 is 0 Å². The zero-order valence-electron chi connectivity index (χ0n) is 12.5. The summed E-state index contributed by atoms with van der Waals surface area (Å²) in [6.45, 7) is 6.22. The van der Waals surface area contributed by atoms with Crippen LogP contribution in [-0.2, 0) is 5.75 Å². The van der Waals surface area contributed by atoms with Crippen LogP contribution < -0.4 is 5.56 Å². The van der Waals surface area contributed by atoms with Gasteiger partial charge in [-0.1, -0.05) is 43.7 Å². The molecule has 1 aromatic heterocycles. The molecule has 1 atom stereocenters. The third-order valence-corrected chi connectivity index (χ3v) is 4.71. The van der Waals surface area contributed by atoms with Crippen molar-refractivity contribution in [2.24, 2.45) is 0 Å². The van der Waals surface area contributed by atoms with Crippen LogP contribution in [0.3, 0.4) is 0 Å². The molecule has 0 saturated carbocycles. The predicted molar refractivity (Wildman–Crippen MR) is 87.7 cm³/mol. The van der Waals surface area contributed by atoms with Crippen LogP contribution >= 0.6 is 11.8 Å². The van der Waals surface area contributed by atoms with Gasteiger partial charge in [0.05, 0.1) is 5.75 Å². The maximum absolute atomic E-state index is 12.2. The minimum absolute atomic E-state index is 0.206. The lowest BCUT2D eigenvalue weighted by Gasteiger charge is -2.09. The average Bonchev–Trinajstić information content (AvgIpc) is 2.46. The lowest BCUT2D eigenvalue weighted by molar-refractivity contribution is 0.451. The first kappa shape index (κ1) is 15.6. The topological polar surface area (TPSA) is 66.0 Å². The Bertz CT molecular complexity index is 665. The van der Waals surface area contributed by atoms with E-state index in [1.165, 1.54) is 0 Å². The van der Waals surface area contributed by atoms with Crippen molar-refractivity contribution in [2.45, 2.75) is 38.2 Å². The first-order chi connectivity index (χ1) is 10.0. The van der Waals surface area contributed by atoms with Crippen molar-refractivity contribution in [2.75, 3.05) is 0 Å². The number of nitrogens with one attached hydrogen (secondary N) is 1. The number of benzene rings is 1. The van der Waals surface area contributed by atoms with Crippen LogP contribution in [0.4, 0.5) is 0 Å². The number of thioether (sulfide) groups is 1. The van der Waals surface area contributed by atoms with Crippen LogP contribution in [0.2, 0.25) is 0 Å². The van der Waals surface area contributed by atoms with Crippen LogP contribution in [0.5, 0.6) is 5.88 Å². The maximum atomic E-state index is 12.2. The number of nitrogens with zero attached hydrogens (tertiary/aromatic N) is 1. The Morgan fingerprint density at radius 2 is 2.00 bits per heavy atom. The summed E-state index contributed by atoms with van der Waals surface area (Å²) in [5, 5.41) is 10.6. The van der Waals surface area contributed by atoms with Gasteiger partial charge < -0.3 is 10.1 Å². The van der Waals surface area contributed by atoms with Crippen molar-refractivity contribution < 1.29 is 5.11 Å². The highest BCUT2D eigenvalue weighted by Gasteiger charge is 2.13. The van der Waals surface area contributed by atoms with E-state index in [0.717, 1.165) is 12.0 Å². The van der Waals surface area contributed by atoms with Crippen molar-refractivity contribution in [1.82, 2.24) is 9.97 Å². The van der Waals surface area contributed by atoms with Gasteiger partial charge in [0.1, 0.15) is 11.4 Å². The van der Waals surface area contributed by atoms with Gasteiger partial charge in [0, 0.05) is 5.25 Å². The Labute approximate surface area is 128 Å². The summed E-state index contributed by atoms with van der Waals surface area (Å²) in [5.41, 5.74) is 1.70. The number of hydrogen-bond donors (Lipinski definition) is 2. The summed E-state index contributed by atoms with van der Waals surface area (Å²) in [7, 11) is 0. The maximum Gasteiger partial charge on any atom is 0.262 e. The largest absolute Gasteiger partial charge is 0.493 e. The normalized spacial score (nSPS) is 12.3. The molecule has 2 N–H and O–H groups in total. The first-order valence-electron chi connectivity index (χ1n) is 7.02. The predicted octanol–water partition coefficient (Wildman–Crippen LogP) is 3.48. The molecule has 0 aliphatic carbocycles. The van der Waals surface area contributed by atoms with E-state index in [-0.39, 0.29) is 17.0 Å². The molecule has 112 valence electrons. The standard InChI is InChI=1S/C16H20N2O2S/c1-4-11(3)21-9-13-17-15(19)14(16(20)18-13)12-7-5-10(2)6-8-12/h5-8,11H,4,9H2,1-3H3,(H2,17,18,19,20). The highest BCUT2D eigenvalue weighted by molar-refractivity contribution is 7.99. The Morgan fingerprint density at radius 3 is 2.57 bits per heavy atom. The molecule has 0 radical (unpaired) electrons. The second-order valence-corrected chi connectivity index (χ2v) is 6.53. The zero-order chi connectivity index (χ0) is 15.4. The van der Waals surface area contributed by atoms with Gasteiger partial charge in [-0.05, 0) is 18.9 Å². The minimum Gasteiger partial charge on any atom is -0.493 e. The van der Waals surface area contributed by atoms with Crippen LogP contribution in [0, 0.1) is 6.92 Å². The summed E-state index contributed by atoms with van der Waals surface area (Å²) >= 11 is 1.71. The molecule has 0 amide bonds. The van der Waals surface area contributed by atoms with Crippen LogP contribution in [0.15, 0.2) is 29.1 Å². The number of aromatic nitrogens is 2. The third kappa shape index (κ3) is 3.88. The minimum atomic E-state index is -0.300. The van der Waals surface area contributed by atoms with Gasteiger partial charge in [0.25, 0.3) is 5.56 Å². The molecule has 1 aromatic carbocycles. The van der Waals surface area contributed by atoms with Gasteiger partial charge >= 0.3 is 0 Å². The SMILES string of the molecule is CCC(C)SCc1nc(O)c(-c2ccc(C)cc2)c(=O)[nH]1. The van der Waals surface area contributed by atoms with Crippen LogP contribution in [0.25, 0.3) is 11.1 Å². The smallest absolute Gasteiger partial charge is 0.262 e. The molecule has 0 saturated heterocycles. The molecule has 21 heavy (non-hydrogen) atoms. The van der Waals surface area contributed by atoms with Gasteiger partial charge in [-0.3, -0.25) is 4.79 Å². The second-order valence-electron chi connectivity index (χ2n) is 5.11. The van der Waals surface area contributed by atoms with E-state index in [9.17, 15) is 9.90 Å². The molecular weight excluding hydrogens is 284 g/mol. The third-order valence-electron chi connectivity index (χ3n) is 3.37. The number of H-pyrrole nitrogens is 1. The first-order valence-corrected chi connectivity index (χ1v) is 8.07. The summed E-state index contributed by atoms with van der Waals surface area (Å²) in [6.07, 6.45) is 1.06. The fraction of sp³-hybridized carbons (Fsp3) is 0.375. The van der Waals surface area contributed by atoms with Crippen molar-refractivity contribution >= 4 is 11.8 Å². The number of hydrogen-bond acceptors (Lipinski definition) is 4. The summed E-state index contributed by atoms with van der Waals surface area (Å²) in [6, 6.07) is 7.44. The highest BCUT2D eigenvalue weighted by Crippen LogP contribution is 2.25. The van der Waals surface area contributed by atoms with E-state index >= 15 is 0 Å². The Kier molecular flexibility index (Phi) is 5.07. The van der Waals surface area contributed by atoms with E-state index in [1.807, 2.05) is 31.2 Å². The van der Waals surface area contributed by atoms with Crippen molar-refractivity contribution in [3.8, 4) is 17.0 Å². The Morgan fingerprint density at radius 1 is 1.33 bits per heavy atom. The molecule has 5 heteroatoms. The number of aromatic hydroxyl groups is 1. The van der Waals surface area contributed by atoms with Gasteiger partial charge in [-0.15, -0.1) is 0 Å². The molecule has 0 aliphatic heterocycles. The van der Waals surface area contributed by atoms with Crippen molar-refractivity contribution in [1.29, 1.82) is 0 Å². The Balaban J connectivity index is 2.29. The van der Waals surface area contributed by atoms with Crippen LogP contribution in [-0.4, -0.2) is 20.3 Å². The average molecular weight is 304 g/mol. The quantitative estimate of drug-likeness (QED) is 0.887. The van der Waals surface area contributed by atoms with Crippen molar-refractivity contribution in [3.63, 3.8) is 0 Å². The van der Waals surface area contributed by atoms with Gasteiger partial charge in [-0.2, -0.15) is 16.7 Å². The molecule has 0 fully saturated rings. The number of aryl methyl sites for hydroxylation is 1. The molecule has 2 aromatic rings. The number of rotatable bonds is 5. The molecule has 0 spiro atoms. The van der Waals surface area contributed by atoms with Crippen LogP contribution in [0.1, 0.15) is 31.7 Å². The summed E-state index contributed by atoms with van der Waals surface area (Å²) in [4.78, 5) is 19.1. The van der Waals surface area contributed by atoms with E-state index in [4.69, 9.17) is 0 Å². The second kappa shape index (κ2) is 6.80. The van der Waals surface area contributed by atoms with Gasteiger partial charge in [0.15, 0.2) is 0 Å². The van der Waals surface area contributed by atoms with E-state index in [0.29, 0.717) is 22.4 Å². The molecule has 2 rings (SSSR count). The lowest BCUT2D eigenvalue weighted by Crippen LogP contribution is -2.14. The van der Waals surface area contributed by atoms with E-state index in [1.54, 1.807) is 11.8 Å². The number of aromatic amines is 1. The molecule has 4 nitrogen and oxygen atoms in total. The summed E-state index contributed by atoms with van der Waals surface area (Å²) < 4.78 is 0. The highest BCUT2D eigenvalue weighted by atomic mass is 32.2. The molecule has 1 unspecified atom stereocenters. The molecular formula is C16H20N2O2S. The fourth-order valence-corrected chi connectivity index (χ4v) is 2.71. The molecule has 0 bridgehead atoms. The van der Waals surface area contributed by atoms with Gasteiger partial charge in [-0.25, -0.2) is 0 Å². The summed E-state index contributed by atoms with van der Waals surface area (Å²) in [5.74, 6) is 0.896. The fourth-order valence-electron chi connectivity index (χ4n) is 1.89. The van der Waals surface area contributed by atoms with Crippen molar-refractivity contribution in [3.05, 3.63) is 46.0 Å². The molecule has 0 aliphatic rings. The lowest BCUT2D eigenvalue weighted by atomic mass is 10.1. The zero-order valence-corrected chi connectivity index (χ0v) is 13.3.